The van der Waals surface area contributed by atoms with Crippen molar-refractivity contribution >= 4 is 34.1 Å². The molecule has 1 aliphatic carbocycles. The number of pyridine rings is 1. The van der Waals surface area contributed by atoms with Gasteiger partial charge in [-0.1, -0.05) is 13.8 Å². The number of aromatic nitrogens is 8. The Kier molecular flexibility index (Phi) is 4.46. The largest absolute Gasteiger partial charge is 0.354 e. The standard InChI is InChI=1S/C26H30N10/c1-16-29-23-21(36(16)19-5-6-19)11-17(12-27-23)20-7-9-35-22(20)24(34-10-8-26(2,3)15-34)31-25(32-35)30-18-13-28-33(4)14-18/h7,9,11-14,19H,5-6,8,10,15H2,1-4H3,(H,30,32). The number of hydrogen-bond donors (Lipinski definition) is 1. The van der Waals surface area contributed by atoms with Gasteiger partial charge in [0.05, 0.1) is 17.4 Å². The third-order valence-electron chi connectivity index (χ3n) is 7.38. The van der Waals surface area contributed by atoms with Crippen LogP contribution in [0, 0.1) is 12.3 Å². The van der Waals surface area contributed by atoms with Crippen molar-refractivity contribution in [3.63, 3.8) is 0 Å². The molecule has 0 amide bonds. The Bertz CT molecular complexity index is 1620. The van der Waals surface area contributed by atoms with E-state index in [1.54, 1.807) is 10.9 Å². The molecule has 2 aliphatic rings. The molecular formula is C26H30N10. The lowest BCUT2D eigenvalue weighted by atomic mass is 9.93. The third-order valence-corrected chi connectivity index (χ3v) is 7.38. The van der Waals surface area contributed by atoms with Gasteiger partial charge >= 0.3 is 0 Å². The van der Waals surface area contributed by atoms with Crippen molar-refractivity contribution in [2.75, 3.05) is 23.3 Å². The van der Waals surface area contributed by atoms with Crippen LogP contribution < -0.4 is 10.2 Å². The third kappa shape index (κ3) is 3.51. The number of rotatable bonds is 5. The fraction of sp³-hybridized carbons (Fsp3) is 0.423. The zero-order valence-electron chi connectivity index (χ0n) is 21.1. The monoisotopic (exact) mass is 482 g/mol. The minimum Gasteiger partial charge on any atom is -0.354 e. The molecule has 1 N–H and O–H groups in total. The number of hydrogen-bond acceptors (Lipinski definition) is 7. The second kappa shape index (κ2) is 7.52. The highest BCUT2D eigenvalue weighted by atomic mass is 15.4. The average Bonchev–Trinajstić information content (AvgIpc) is 3.14. The predicted molar refractivity (Wildman–Crippen MR) is 140 cm³/mol. The van der Waals surface area contributed by atoms with Crippen LogP contribution in [0.15, 0.2) is 36.9 Å². The van der Waals surface area contributed by atoms with E-state index >= 15 is 0 Å². The van der Waals surface area contributed by atoms with Gasteiger partial charge in [-0.3, -0.25) is 4.68 Å². The summed E-state index contributed by atoms with van der Waals surface area (Å²) in [5.41, 5.74) is 6.15. The second-order valence-electron chi connectivity index (χ2n) is 11.0. The van der Waals surface area contributed by atoms with Crippen LogP contribution in [0.2, 0.25) is 0 Å². The smallest absolute Gasteiger partial charge is 0.247 e. The van der Waals surface area contributed by atoms with E-state index in [-0.39, 0.29) is 5.41 Å². The van der Waals surface area contributed by atoms with Crippen LogP contribution in [-0.2, 0) is 7.05 Å². The van der Waals surface area contributed by atoms with Crippen LogP contribution in [0.25, 0.3) is 27.8 Å². The second-order valence-corrected chi connectivity index (χ2v) is 11.0. The van der Waals surface area contributed by atoms with Gasteiger partial charge in [0.25, 0.3) is 0 Å². The summed E-state index contributed by atoms with van der Waals surface area (Å²) in [6.07, 6.45) is 11.2. The Balaban J connectivity index is 1.38. The molecular weight excluding hydrogens is 452 g/mol. The van der Waals surface area contributed by atoms with Gasteiger partial charge in [-0.15, -0.1) is 5.10 Å². The number of imidazole rings is 1. The van der Waals surface area contributed by atoms with Gasteiger partial charge in [-0.2, -0.15) is 10.1 Å². The summed E-state index contributed by atoms with van der Waals surface area (Å²) in [6, 6.07) is 4.90. The molecule has 0 atom stereocenters. The number of nitrogens with zero attached hydrogens (tertiary/aromatic N) is 9. The minimum atomic E-state index is 0.237. The predicted octanol–water partition coefficient (Wildman–Crippen LogP) is 4.50. The van der Waals surface area contributed by atoms with Crippen molar-refractivity contribution in [2.24, 2.45) is 12.5 Å². The first-order valence-corrected chi connectivity index (χ1v) is 12.6. The molecule has 2 fully saturated rings. The van der Waals surface area contributed by atoms with Crippen LogP contribution >= 0.6 is 0 Å². The molecule has 0 radical (unpaired) electrons. The molecule has 0 aromatic carbocycles. The topological polar surface area (TPSA) is 94.0 Å². The first-order chi connectivity index (χ1) is 17.3. The normalized spacial score (nSPS) is 17.5. The summed E-state index contributed by atoms with van der Waals surface area (Å²) in [5, 5.41) is 12.4. The van der Waals surface area contributed by atoms with E-state index < -0.39 is 0 Å². The van der Waals surface area contributed by atoms with Crippen LogP contribution in [0.3, 0.4) is 0 Å². The fourth-order valence-electron chi connectivity index (χ4n) is 5.45. The summed E-state index contributed by atoms with van der Waals surface area (Å²) in [7, 11) is 1.90. The van der Waals surface area contributed by atoms with Crippen molar-refractivity contribution < 1.29 is 0 Å². The molecule has 184 valence electrons. The molecule has 1 saturated carbocycles. The Hall–Kier alpha value is -3.95. The van der Waals surface area contributed by atoms with Crippen molar-refractivity contribution in [1.29, 1.82) is 0 Å². The van der Waals surface area contributed by atoms with E-state index in [1.165, 1.54) is 12.8 Å². The molecule has 5 aromatic heterocycles. The van der Waals surface area contributed by atoms with Crippen LogP contribution in [0.1, 0.15) is 45.0 Å². The van der Waals surface area contributed by atoms with Gasteiger partial charge in [0.15, 0.2) is 11.5 Å². The SMILES string of the molecule is Cc1nc2ncc(-c3ccn4nc(Nc5cnn(C)c5)nc(N5CCC(C)(C)C5)c34)cc2n1C1CC1. The Morgan fingerprint density at radius 1 is 1.14 bits per heavy atom. The number of anilines is 3. The van der Waals surface area contributed by atoms with E-state index in [4.69, 9.17) is 20.1 Å². The lowest BCUT2D eigenvalue weighted by Crippen LogP contribution is -2.25. The highest BCUT2D eigenvalue weighted by Crippen LogP contribution is 2.41. The maximum absolute atomic E-state index is 5.04. The highest BCUT2D eigenvalue weighted by Gasteiger charge is 2.32. The van der Waals surface area contributed by atoms with E-state index in [0.717, 1.165) is 64.6 Å². The van der Waals surface area contributed by atoms with Crippen molar-refractivity contribution in [2.45, 2.75) is 46.1 Å². The van der Waals surface area contributed by atoms with Crippen molar-refractivity contribution in [1.82, 2.24) is 38.9 Å². The van der Waals surface area contributed by atoms with Gasteiger partial charge < -0.3 is 14.8 Å². The minimum absolute atomic E-state index is 0.237. The lowest BCUT2D eigenvalue weighted by Gasteiger charge is -2.22. The van der Waals surface area contributed by atoms with Crippen LogP contribution in [0.5, 0.6) is 0 Å². The fourth-order valence-corrected chi connectivity index (χ4v) is 5.45. The van der Waals surface area contributed by atoms with E-state index in [9.17, 15) is 0 Å². The summed E-state index contributed by atoms with van der Waals surface area (Å²) in [5.74, 6) is 2.52. The van der Waals surface area contributed by atoms with E-state index in [1.807, 2.05) is 30.2 Å². The summed E-state index contributed by atoms with van der Waals surface area (Å²) >= 11 is 0. The van der Waals surface area contributed by atoms with Crippen molar-refractivity contribution in [3.8, 4) is 11.1 Å². The molecule has 6 heterocycles. The van der Waals surface area contributed by atoms with Crippen molar-refractivity contribution in [3.05, 3.63) is 42.7 Å². The Labute approximate surface area is 209 Å². The van der Waals surface area contributed by atoms with Crippen LogP contribution in [-0.4, -0.2) is 52.0 Å². The van der Waals surface area contributed by atoms with Gasteiger partial charge in [0, 0.05) is 55.9 Å². The quantitative estimate of drug-likeness (QED) is 0.394. The molecule has 7 rings (SSSR count). The highest BCUT2D eigenvalue weighted by molar-refractivity contribution is 5.91. The van der Waals surface area contributed by atoms with E-state index in [2.05, 4.69) is 52.8 Å². The molecule has 1 saturated heterocycles. The average molecular weight is 483 g/mol. The number of nitrogens with one attached hydrogen (secondary N) is 1. The summed E-state index contributed by atoms with van der Waals surface area (Å²) < 4.78 is 6.05. The molecule has 1 aliphatic heterocycles. The molecule has 10 nitrogen and oxygen atoms in total. The lowest BCUT2D eigenvalue weighted by molar-refractivity contribution is 0.418. The van der Waals surface area contributed by atoms with Gasteiger partial charge in [0.2, 0.25) is 5.95 Å². The zero-order chi connectivity index (χ0) is 24.6. The van der Waals surface area contributed by atoms with E-state index in [0.29, 0.717) is 12.0 Å². The summed E-state index contributed by atoms with van der Waals surface area (Å²) in [6.45, 7) is 8.62. The molecule has 0 unspecified atom stereocenters. The first-order valence-electron chi connectivity index (χ1n) is 12.6. The molecule has 0 spiro atoms. The number of aryl methyl sites for hydroxylation is 2. The van der Waals surface area contributed by atoms with Gasteiger partial charge in [-0.05, 0) is 43.7 Å². The maximum atomic E-state index is 5.04. The van der Waals surface area contributed by atoms with Gasteiger partial charge in [-0.25, -0.2) is 14.5 Å². The van der Waals surface area contributed by atoms with Gasteiger partial charge in [0.1, 0.15) is 11.3 Å². The zero-order valence-corrected chi connectivity index (χ0v) is 21.1. The molecule has 0 bridgehead atoms. The maximum Gasteiger partial charge on any atom is 0.247 e. The Morgan fingerprint density at radius 2 is 2.00 bits per heavy atom. The first kappa shape index (κ1) is 21.3. The summed E-state index contributed by atoms with van der Waals surface area (Å²) in [4.78, 5) is 16.9. The molecule has 5 aromatic rings. The molecule has 10 heteroatoms. The number of fused-ring (bicyclic) bond motifs is 2. The van der Waals surface area contributed by atoms with Crippen LogP contribution in [0.4, 0.5) is 17.5 Å². The molecule has 36 heavy (non-hydrogen) atoms. The Morgan fingerprint density at radius 3 is 2.72 bits per heavy atom.